The molecule has 4 aliphatic rings. The first-order valence-electron chi connectivity index (χ1n) is 9.75. The number of thiocarbonyl (C=S) groups is 1. The molecule has 3 aliphatic heterocycles. The molecule has 3 saturated heterocycles. The summed E-state index contributed by atoms with van der Waals surface area (Å²) >= 11 is 5.90. The number of esters is 1. The molecule has 0 amide bonds. The van der Waals surface area contributed by atoms with Crippen molar-refractivity contribution in [1.29, 1.82) is 0 Å². The van der Waals surface area contributed by atoms with E-state index >= 15 is 0 Å². The Morgan fingerprint density at radius 1 is 1.14 bits per heavy atom. The van der Waals surface area contributed by atoms with Gasteiger partial charge >= 0.3 is 5.97 Å². The topological polar surface area (TPSA) is 62.2 Å². The lowest BCUT2D eigenvalue weighted by Crippen LogP contribution is -2.66. The summed E-state index contributed by atoms with van der Waals surface area (Å²) in [7, 11) is 1.64. The molecule has 0 spiro atoms. The summed E-state index contributed by atoms with van der Waals surface area (Å²) in [5.41, 5.74) is 2.03. The fourth-order valence-electron chi connectivity index (χ4n) is 4.86. The Balaban J connectivity index is 1.54. The lowest BCUT2D eigenvalue weighted by molar-refractivity contribution is -0.194. The smallest absolute Gasteiger partial charge is 0.311 e. The normalized spacial score (nSPS) is 30.3. The van der Waals surface area contributed by atoms with Crippen molar-refractivity contribution in [2.45, 2.75) is 37.3 Å². The van der Waals surface area contributed by atoms with E-state index in [2.05, 4.69) is 9.80 Å². The number of para-hydroxylation sites is 1. The number of nitrogens with zero attached hydrogens (tertiary/aromatic N) is 2. The monoisotopic (exact) mass is 410 g/mol. The molecule has 6 rings (SSSR count). The maximum atomic E-state index is 12.5. The molecule has 1 N–H and O–H groups in total. The number of anilines is 1. The molecule has 5 atom stereocenters. The lowest BCUT2D eigenvalue weighted by atomic mass is 9.74. The molecule has 3 heterocycles. The first kappa shape index (κ1) is 18.4. The van der Waals surface area contributed by atoms with E-state index in [-0.39, 0.29) is 18.1 Å². The summed E-state index contributed by atoms with van der Waals surface area (Å²) in [6.07, 6.45) is -0.842. The number of ether oxygens (including phenoxy) is 2. The van der Waals surface area contributed by atoms with Crippen LogP contribution < -0.4 is 9.64 Å². The minimum atomic E-state index is -0.671. The summed E-state index contributed by atoms with van der Waals surface area (Å²) in [5.74, 6) is 0.151. The Morgan fingerprint density at radius 2 is 1.86 bits per heavy atom. The second kappa shape index (κ2) is 7.00. The number of hydrogen-bond donors (Lipinski definition) is 1. The van der Waals surface area contributed by atoms with Gasteiger partial charge in [0.25, 0.3) is 0 Å². The number of carbonyl (C=O) groups is 1. The SMILES string of the molecule is COc1ccc(CN2C(=S)N(c3ccccc3)C3C4CC(O)C(OC4=O)C32)cc1. The zero-order valence-corrected chi connectivity index (χ0v) is 16.8. The Labute approximate surface area is 174 Å². The van der Waals surface area contributed by atoms with E-state index in [1.165, 1.54) is 0 Å². The zero-order valence-electron chi connectivity index (χ0n) is 16.0. The van der Waals surface area contributed by atoms with E-state index in [4.69, 9.17) is 21.7 Å². The highest BCUT2D eigenvalue weighted by atomic mass is 32.1. The molecule has 0 aromatic heterocycles. The molecule has 2 bridgehead atoms. The van der Waals surface area contributed by atoms with Crippen LogP contribution >= 0.6 is 12.2 Å². The van der Waals surface area contributed by atoms with Crippen molar-refractivity contribution in [3.63, 3.8) is 0 Å². The number of fused-ring (bicyclic) bond motifs is 2. The van der Waals surface area contributed by atoms with Crippen LogP contribution in [0, 0.1) is 5.92 Å². The molecule has 2 aromatic carbocycles. The average molecular weight is 410 g/mol. The van der Waals surface area contributed by atoms with Crippen LogP contribution in [-0.2, 0) is 16.1 Å². The maximum Gasteiger partial charge on any atom is 0.311 e. The van der Waals surface area contributed by atoms with Gasteiger partial charge in [-0.1, -0.05) is 30.3 Å². The molecule has 1 aliphatic carbocycles. The van der Waals surface area contributed by atoms with Crippen molar-refractivity contribution >= 4 is 29.0 Å². The first-order valence-corrected chi connectivity index (χ1v) is 10.2. The van der Waals surface area contributed by atoms with Gasteiger partial charge in [-0.25, -0.2) is 0 Å². The molecule has 29 heavy (non-hydrogen) atoms. The third-order valence-corrected chi connectivity index (χ3v) is 6.62. The number of carbonyl (C=O) groups excluding carboxylic acids is 1. The van der Waals surface area contributed by atoms with E-state index < -0.39 is 18.1 Å². The Kier molecular flexibility index (Phi) is 4.44. The van der Waals surface area contributed by atoms with Crippen LogP contribution in [-0.4, -0.2) is 52.5 Å². The second-order valence-electron chi connectivity index (χ2n) is 7.76. The summed E-state index contributed by atoms with van der Waals surface area (Å²) in [5, 5.41) is 11.2. The molecule has 4 fully saturated rings. The summed E-state index contributed by atoms with van der Waals surface area (Å²) in [4.78, 5) is 16.7. The molecule has 6 nitrogen and oxygen atoms in total. The second-order valence-corrected chi connectivity index (χ2v) is 8.12. The van der Waals surface area contributed by atoms with Gasteiger partial charge in [0, 0.05) is 12.2 Å². The molecular weight excluding hydrogens is 388 g/mol. The minimum Gasteiger partial charge on any atom is -0.497 e. The van der Waals surface area contributed by atoms with Crippen LogP contribution in [0.25, 0.3) is 0 Å². The summed E-state index contributed by atoms with van der Waals surface area (Å²) in [6.45, 7) is 0.570. The minimum absolute atomic E-state index is 0.141. The van der Waals surface area contributed by atoms with E-state index in [0.717, 1.165) is 17.0 Å². The van der Waals surface area contributed by atoms with E-state index in [9.17, 15) is 9.90 Å². The Bertz CT molecular complexity index is 936. The fraction of sp³-hybridized carbons (Fsp3) is 0.364. The van der Waals surface area contributed by atoms with E-state index in [1.54, 1.807) is 7.11 Å². The molecule has 7 heteroatoms. The molecular formula is C22H22N2O4S. The molecule has 0 radical (unpaired) electrons. The van der Waals surface area contributed by atoms with E-state index in [0.29, 0.717) is 18.1 Å². The van der Waals surface area contributed by atoms with Crippen LogP contribution in [0.2, 0.25) is 0 Å². The highest BCUT2D eigenvalue weighted by Crippen LogP contribution is 2.46. The zero-order chi connectivity index (χ0) is 20.1. The number of aliphatic hydroxyl groups excluding tert-OH is 1. The highest BCUT2D eigenvalue weighted by Gasteiger charge is 2.62. The molecule has 1 saturated carbocycles. The standard InChI is InChI=1S/C22H22N2O4S/c1-27-15-9-7-13(8-10-15)12-23-19-18(16-11-17(25)20(19)28-21(16)26)24(22(23)29)14-5-3-2-4-6-14/h2-10,16-20,25H,11-12H2,1H3. The van der Waals surface area contributed by atoms with Gasteiger partial charge in [-0.2, -0.15) is 0 Å². The van der Waals surface area contributed by atoms with Crippen LogP contribution in [0.5, 0.6) is 5.75 Å². The van der Waals surface area contributed by atoms with Crippen molar-refractivity contribution in [3.05, 3.63) is 60.2 Å². The highest BCUT2D eigenvalue weighted by molar-refractivity contribution is 7.80. The van der Waals surface area contributed by atoms with Crippen LogP contribution in [0.1, 0.15) is 12.0 Å². The number of hydrogen-bond acceptors (Lipinski definition) is 5. The number of benzene rings is 2. The maximum absolute atomic E-state index is 12.5. The van der Waals surface area contributed by atoms with E-state index in [1.807, 2.05) is 54.6 Å². The van der Waals surface area contributed by atoms with Crippen LogP contribution in [0.15, 0.2) is 54.6 Å². The van der Waals surface area contributed by atoms with Gasteiger partial charge < -0.3 is 24.4 Å². The van der Waals surface area contributed by atoms with Crippen molar-refractivity contribution < 1.29 is 19.4 Å². The van der Waals surface area contributed by atoms with Gasteiger partial charge in [0.15, 0.2) is 5.11 Å². The molecule has 2 aromatic rings. The summed E-state index contributed by atoms with van der Waals surface area (Å²) < 4.78 is 10.9. The van der Waals surface area contributed by atoms with Crippen LogP contribution in [0.3, 0.4) is 0 Å². The van der Waals surface area contributed by atoms with Crippen molar-refractivity contribution in [2.24, 2.45) is 5.92 Å². The fourth-order valence-corrected chi connectivity index (χ4v) is 5.27. The third kappa shape index (κ3) is 2.88. The number of aliphatic hydroxyl groups is 1. The van der Waals surface area contributed by atoms with Gasteiger partial charge in [-0.05, 0) is 48.5 Å². The molecule has 5 unspecified atom stereocenters. The quantitative estimate of drug-likeness (QED) is 0.613. The number of rotatable bonds is 4. The number of methoxy groups -OCH3 is 1. The van der Waals surface area contributed by atoms with Gasteiger partial charge in [-0.3, -0.25) is 4.79 Å². The first-order chi connectivity index (χ1) is 14.1. The largest absolute Gasteiger partial charge is 0.497 e. The van der Waals surface area contributed by atoms with Gasteiger partial charge in [0.1, 0.15) is 11.9 Å². The average Bonchev–Trinajstić information content (AvgIpc) is 3.03. The Morgan fingerprint density at radius 3 is 2.55 bits per heavy atom. The predicted molar refractivity (Wildman–Crippen MR) is 112 cm³/mol. The van der Waals surface area contributed by atoms with Crippen molar-refractivity contribution in [3.8, 4) is 5.75 Å². The third-order valence-electron chi connectivity index (χ3n) is 6.18. The Hall–Kier alpha value is -2.64. The van der Waals surface area contributed by atoms with Gasteiger partial charge in [0.2, 0.25) is 0 Å². The van der Waals surface area contributed by atoms with Gasteiger partial charge in [0.05, 0.1) is 31.2 Å². The van der Waals surface area contributed by atoms with Gasteiger partial charge in [-0.15, -0.1) is 0 Å². The lowest BCUT2D eigenvalue weighted by Gasteiger charge is -2.49. The predicted octanol–water partition coefficient (Wildman–Crippen LogP) is 2.35. The van der Waals surface area contributed by atoms with Crippen molar-refractivity contribution in [2.75, 3.05) is 12.0 Å². The molecule has 150 valence electrons. The van der Waals surface area contributed by atoms with Crippen LogP contribution in [0.4, 0.5) is 5.69 Å². The summed E-state index contributed by atoms with van der Waals surface area (Å²) in [6, 6.07) is 17.4. The van der Waals surface area contributed by atoms with Crippen molar-refractivity contribution in [1.82, 2.24) is 4.90 Å².